The van der Waals surface area contributed by atoms with Crippen LogP contribution in [0.25, 0.3) is 0 Å². The first-order chi connectivity index (χ1) is 15.5. The molecule has 0 spiro atoms. The molecule has 1 aliphatic heterocycles. The minimum Gasteiger partial charge on any atom is -0.513 e. The summed E-state index contributed by atoms with van der Waals surface area (Å²) < 4.78 is 0. The van der Waals surface area contributed by atoms with Gasteiger partial charge in [-0.3, -0.25) is 38.8 Å². The van der Waals surface area contributed by atoms with Crippen LogP contribution in [0.15, 0.2) is 12.3 Å². The van der Waals surface area contributed by atoms with Gasteiger partial charge in [0.15, 0.2) is 0 Å². The molecular formula is C20H34N4O9. The molecule has 0 aromatic rings. The van der Waals surface area contributed by atoms with Gasteiger partial charge in [-0.2, -0.15) is 0 Å². The fourth-order valence-electron chi connectivity index (χ4n) is 3.68. The van der Waals surface area contributed by atoms with Gasteiger partial charge in [-0.1, -0.05) is 6.58 Å². The van der Waals surface area contributed by atoms with Crippen molar-refractivity contribution in [2.24, 2.45) is 0 Å². The quantitative estimate of drug-likeness (QED) is 0.225. The Hall–Kier alpha value is -2.74. The molecule has 0 radical (unpaired) electrons. The standard InChI is InChI=1S/C20H34N4O9/c1-15(25)2-3-16(20(32)33)24-10-8-22(13-18(28)29)6-4-21(12-17(26)27)5-7-23(9-11-24)14-19(30)31/h16,25H,1-14H2,(H,26,27)(H,28,29)(H,30,31)(H,32,33). The van der Waals surface area contributed by atoms with Crippen molar-refractivity contribution in [1.82, 2.24) is 19.6 Å². The lowest BCUT2D eigenvalue weighted by atomic mass is 10.1. The van der Waals surface area contributed by atoms with Crippen molar-refractivity contribution in [3.63, 3.8) is 0 Å². The van der Waals surface area contributed by atoms with Crippen LogP contribution in [0.4, 0.5) is 0 Å². The molecule has 33 heavy (non-hydrogen) atoms. The average molecular weight is 475 g/mol. The number of aliphatic carboxylic acids is 4. The van der Waals surface area contributed by atoms with E-state index in [9.17, 15) is 44.7 Å². The number of carbonyl (C=O) groups is 4. The van der Waals surface area contributed by atoms with Crippen LogP contribution >= 0.6 is 0 Å². The Morgan fingerprint density at radius 1 is 0.636 bits per heavy atom. The molecule has 0 bridgehead atoms. The zero-order chi connectivity index (χ0) is 25.0. The Morgan fingerprint density at radius 2 is 0.970 bits per heavy atom. The van der Waals surface area contributed by atoms with Gasteiger partial charge in [0.05, 0.1) is 25.4 Å². The number of allylic oxidation sites excluding steroid dienone is 1. The molecule has 1 unspecified atom stereocenters. The molecule has 1 atom stereocenters. The predicted octanol–water partition coefficient (Wildman–Crippen LogP) is -1.23. The second-order valence-corrected chi connectivity index (χ2v) is 8.00. The zero-order valence-corrected chi connectivity index (χ0v) is 18.6. The van der Waals surface area contributed by atoms with Crippen LogP contribution in [0.3, 0.4) is 0 Å². The van der Waals surface area contributed by atoms with Gasteiger partial charge in [0, 0.05) is 58.8 Å². The van der Waals surface area contributed by atoms with Crippen LogP contribution in [-0.4, -0.2) is 147 Å². The van der Waals surface area contributed by atoms with Gasteiger partial charge < -0.3 is 25.5 Å². The summed E-state index contributed by atoms with van der Waals surface area (Å²) >= 11 is 0. The summed E-state index contributed by atoms with van der Waals surface area (Å²) in [5.74, 6) is -4.41. The maximum absolute atomic E-state index is 11.9. The lowest BCUT2D eigenvalue weighted by Gasteiger charge is -2.35. The molecule has 0 amide bonds. The maximum atomic E-state index is 11.9. The number of nitrogens with zero attached hydrogens (tertiary/aromatic N) is 4. The Bertz CT molecular complexity index is 671. The van der Waals surface area contributed by atoms with Crippen molar-refractivity contribution >= 4 is 23.9 Å². The second-order valence-electron chi connectivity index (χ2n) is 8.00. The molecule has 1 saturated heterocycles. The van der Waals surface area contributed by atoms with Crippen molar-refractivity contribution in [3.8, 4) is 0 Å². The molecule has 0 aromatic carbocycles. The summed E-state index contributed by atoms with van der Waals surface area (Å²) in [4.78, 5) is 52.2. The second kappa shape index (κ2) is 14.4. The van der Waals surface area contributed by atoms with Crippen LogP contribution in [0, 0.1) is 0 Å². The fraction of sp³-hybridized carbons (Fsp3) is 0.700. The molecule has 0 saturated carbocycles. The maximum Gasteiger partial charge on any atom is 0.320 e. The van der Waals surface area contributed by atoms with E-state index < -0.39 is 29.9 Å². The molecule has 1 aliphatic rings. The number of hydrogen-bond acceptors (Lipinski definition) is 9. The normalized spacial score (nSPS) is 19.2. The van der Waals surface area contributed by atoms with Gasteiger partial charge in [-0.05, 0) is 6.42 Å². The van der Waals surface area contributed by atoms with Crippen molar-refractivity contribution in [1.29, 1.82) is 0 Å². The van der Waals surface area contributed by atoms with Gasteiger partial charge in [0.1, 0.15) is 6.04 Å². The molecule has 1 rings (SSSR count). The number of hydrogen-bond donors (Lipinski definition) is 5. The number of carboxylic acid groups (broad SMARTS) is 4. The Labute approximate surface area is 192 Å². The first-order valence-electron chi connectivity index (χ1n) is 10.6. The lowest BCUT2D eigenvalue weighted by molar-refractivity contribution is -0.145. The van der Waals surface area contributed by atoms with Crippen LogP contribution in [0.1, 0.15) is 12.8 Å². The summed E-state index contributed by atoms with van der Waals surface area (Å²) in [7, 11) is 0. The number of aliphatic hydroxyl groups excluding tert-OH is 1. The first kappa shape index (κ1) is 28.3. The predicted molar refractivity (Wildman–Crippen MR) is 116 cm³/mol. The fourth-order valence-corrected chi connectivity index (χ4v) is 3.68. The van der Waals surface area contributed by atoms with Gasteiger partial charge in [0.2, 0.25) is 0 Å². The van der Waals surface area contributed by atoms with Gasteiger partial charge in [0.25, 0.3) is 0 Å². The summed E-state index contributed by atoms with van der Waals surface area (Å²) in [6.07, 6.45) is 0.171. The average Bonchev–Trinajstić information content (AvgIpc) is 2.67. The van der Waals surface area contributed by atoms with E-state index >= 15 is 0 Å². The summed E-state index contributed by atoms with van der Waals surface area (Å²) in [6, 6.07) is -0.973. The van der Waals surface area contributed by atoms with E-state index in [1.165, 1.54) is 0 Å². The molecule has 5 N–H and O–H groups in total. The number of rotatable bonds is 11. The smallest absolute Gasteiger partial charge is 0.320 e. The van der Waals surface area contributed by atoms with Crippen molar-refractivity contribution in [2.75, 3.05) is 72.0 Å². The van der Waals surface area contributed by atoms with E-state index in [2.05, 4.69) is 6.58 Å². The van der Waals surface area contributed by atoms with Crippen molar-refractivity contribution < 1.29 is 44.7 Å². The monoisotopic (exact) mass is 474 g/mol. The highest BCUT2D eigenvalue weighted by molar-refractivity contribution is 5.73. The van der Waals surface area contributed by atoms with Crippen LogP contribution in [-0.2, 0) is 19.2 Å². The minimum atomic E-state index is -1.11. The Kier molecular flexibility index (Phi) is 12.4. The highest BCUT2D eigenvalue weighted by Crippen LogP contribution is 2.12. The molecule has 13 nitrogen and oxygen atoms in total. The van der Waals surface area contributed by atoms with E-state index in [4.69, 9.17) is 0 Å². The Morgan fingerprint density at radius 3 is 1.24 bits per heavy atom. The summed E-state index contributed by atoms with van der Waals surface area (Å²) in [6.45, 7) is 4.38. The SMILES string of the molecule is C=C(O)CCC(C(=O)O)N1CCN(CC(=O)O)CCN(CC(=O)O)CCN(CC(=O)O)CC1. The van der Waals surface area contributed by atoms with Crippen LogP contribution in [0.2, 0.25) is 0 Å². The van der Waals surface area contributed by atoms with Crippen LogP contribution in [0.5, 0.6) is 0 Å². The third-order valence-corrected chi connectivity index (χ3v) is 5.38. The molecule has 188 valence electrons. The van der Waals surface area contributed by atoms with E-state index in [-0.39, 0.29) is 90.6 Å². The first-order valence-corrected chi connectivity index (χ1v) is 10.6. The topological polar surface area (TPSA) is 182 Å². The third-order valence-electron chi connectivity index (χ3n) is 5.38. The zero-order valence-electron chi connectivity index (χ0n) is 18.6. The molecule has 1 fully saturated rings. The highest BCUT2D eigenvalue weighted by Gasteiger charge is 2.28. The number of carboxylic acids is 4. The highest BCUT2D eigenvalue weighted by atomic mass is 16.4. The molecule has 0 aliphatic carbocycles. The van der Waals surface area contributed by atoms with Gasteiger partial charge >= 0.3 is 23.9 Å². The lowest BCUT2D eigenvalue weighted by Crippen LogP contribution is -2.51. The van der Waals surface area contributed by atoms with Gasteiger partial charge in [-0.15, -0.1) is 0 Å². The van der Waals surface area contributed by atoms with Crippen LogP contribution < -0.4 is 0 Å². The summed E-state index contributed by atoms with van der Waals surface area (Å²) in [5, 5.41) is 46.8. The summed E-state index contributed by atoms with van der Waals surface area (Å²) in [5.41, 5.74) is 0. The van der Waals surface area contributed by atoms with E-state index in [0.717, 1.165) is 0 Å². The Balaban J connectivity index is 3.11. The largest absolute Gasteiger partial charge is 0.513 e. The van der Waals surface area contributed by atoms with Crippen molar-refractivity contribution in [2.45, 2.75) is 18.9 Å². The molecular weight excluding hydrogens is 440 g/mol. The number of aliphatic hydroxyl groups is 1. The van der Waals surface area contributed by atoms with Crippen molar-refractivity contribution in [3.05, 3.63) is 12.3 Å². The van der Waals surface area contributed by atoms with Gasteiger partial charge in [-0.25, -0.2) is 0 Å². The van der Waals surface area contributed by atoms with E-state index in [1.807, 2.05) is 0 Å². The van der Waals surface area contributed by atoms with E-state index in [1.54, 1.807) is 19.6 Å². The molecule has 0 aromatic heterocycles. The molecule has 1 heterocycles. The molecule has 13 heteroatoms. The third kappa shape index (κ3) is 12.2. The van der Waals surface area contributed by atoms with E-state index in [0.29, 0.717) is 0 Å². The minimum absolute atomic E-state index is 0.0787.